The highest BCUT2D eigenvalue weighted by Crippen LogP contribution is 2.39. The van der Waals surface area contributed by atoms with Crippen molar-refractivity contribution in [3.05, 3.63) is 48.2 Å². The minimum Gasteiger partial charge on any atom is -0.468 e. The molecule has 0 saturated carbocycles. The van der Waals surface area contributed by atoms with Gasteiger partial charge in [0.15, 0.2) is 5.41 Å². The van der Waals surface area contributed by atoms with E-state index in [1.54, 1.807) is 0 Å². The molecule has 1 atom stereocenters. The number of esters is 2. The molecule has 0 aromatic heterocycles. The van der Waals surface area contributed by atoms with Crippen molar-refractivity contribution >= 4 is 11.9 Å². The zero-order valence-corrected chi connectivity index (χ0v) is 11.1. The number of ether oxygens (including phenoxy) is 2. The van der Waals surface area contributed by atoms with Crippen LogP contribution >= 0.6 is 0 Å². The Morgan fingerprint density at radius 3 is 2.70 bits per heavy atom. The first-order chi connectivity index (χ1) is 9.58. The van der Waals surface area contributed by atoms with Crippen molar-refractivity contribution in [2.75, 3.05) is 7.11 Å². The van der Waals surface area contributed by atoms with Gasteiger partial charge < -0.3 is 9.47 Å². The lowest BCUT2D eigenvalue weighted by Gasteiger charge is -2.17. The van der Waals surface area contributed by atoms with Gasteiger partial charge in [0.1, 0.15) is 5.76 Å². The van der Waals surface area contributed by atoms with Crippen LogP contribution in [0, 0.1) is 17.3 Å². The molecule has 4 nitrogen and oxygen atoms in total. The summed E-state index contributed by atoms with van der Waals surface area (Å²) >= 11 is 0. The van der Waals surface area contributed by atoms with E-state index in [0.29, 0.717) is 0 Å². The van der Waals surface area contributed by atoms with Crippen LogP contribution in [0.5, 0.6) is 0 Å². The van der Waals surface area contributed by atoms with Crippen LogP contribution in [0.25, 0.3) is 0 Å². The second-order valence-corrected chi connectivity index (χ2v) is 4.52. The van der Waals surface area contributed by atoms with Gasteiger partial charge in [0, 0.05) is 18.4 Å². The first kappa shape index (κ1) is 13.9. The fraction of sp³-hybridized carbons (Fsp3) is 0.250. The van der Waals surface area contributed by atoms with Crippen LogP contribution in [0.15, 0.2) is 42.7 Å². The third-order valence-corrected chi connectivity index (χ3v) is 3.10. The lowest BCUT2D eigenvalue weighted by molar-refractivity contribution is -0.162. The van der Waals surface area contributed by atoms with Crippen LogP contribution in [0.2, 0.25) is 0 Å². The number of hydrogen-bond acceptors (Lipinski definition) is 4. The molecule has 1 unspecified atom stereocenters. The summed E-state index contributed by atoms with van der Waals surface area (Å²) in [6.07, 6.45) is 0.161. The number of carbonyl (C=O) groups excluding carboxylic acids is 2. The normalized spacial score (nSPS) is 20.9. The Morgan fingerprint density at radius 2 is 2.15 bits per heavy atom. The Bertz CT molecular complexity index is 606. The van der Waals surface area contributed by atoms with E-state index >= 15 is 0 Å². The summed E-state index contributed by atoms with van der Waals surface area (Å²) in [5.74, 6) is 4.76. The standard InChI is InChI=1S/C16H14O4/c1-12-11-16(14(17)19-2,15(18)20-12)10-6-9-13-7-4-3-5-8-13/h3-5,7-8H,1,10-11H2,2H3. The Balaban J connectivity index is 2.23. The molecule has 1 fully saturated rings. The zero-order valence-electron chi connectivity index (χ0n) is 11.1. The van der Waals surface area contributed by atoms with E-state index < -0.39 is 17.4 Å². The van der Waals surface area contributed by atoms with Gasteiger partial charge in [0.25, 0.3) is 0 Å². The second kappa shape index (κ2) is 5.62. The molecular formula is C16H14O4. The molecule has 0 bridgehead atoms. The van der Waals surface area contributed by atoms with Crippen molar-refractivity contribution in [2.45, 2.75) is 12.8 Å². The van der Waals surface area contributed by atoms with E-state index in [-0.39, 0.29) is 18.6 Å². The van der Waals surface area contributed by atoms with E-state index in [4.69, 9.17) is 9.47 Å². The number of rotatable bonds is 2. The summed E-state index contributed by atoms with van der Waals surface area (Å²) in [6.45, 7) is 3.58. The third kappa shape index (κ3) is 2.57. The molecule has 4 heteroatoms. The SMILES string of the molecule is C=C1CC(CC#Cc2ccccc2)(C(=O)OC)C(=O)O1. The number of carbonyl (C=O) groups is 2. The highest BCUT2D eigenvalue weighted by Gasteiger charge is 2.53. The lowest BCUT2D eigenvalue weighted by atomic mass is 9.82. The predicted molar refractivity (Wildman–Crippen MR) is 72.2 cm³/mol. The number of cyclic esters (lactones) is 1. The number of hydrogen-bond donors (Lipinski definition) is 0. The van der Waals surface area contributed by atoms with Crippen LogP contribution in [0.3, 0.4) is 0 Å². The minimum atomic E-state index is -1.38. The van der Waals surface area contributed by atoms with Gasteiger partial charge in [0.05, 0.1) is 7.11 Å². The van der Waals surface area contributed by atoms with Crippen LogP contribution in [-0.4, -0.2) is 19.0 Å². The zero-order chi connectivity index (χ0) is 14.6. The van der Waals surface area contributed by atoms with E-state index in [2.05, 4.69) is 18.4 Å². The quantitative estimate of drug-likeness (QED) is 0.469. The summed E-state index contributed by atoms with van der Waals surface area (Å²) in [6, 6.07) is 9.32. The summed E-state index contributed by atoms with van der Waals surface area (Å²) in [7, 11) is 1.24. The average Bonchev–Trinajstić information content (AvgIpc) is 2.74. The van der Waals surface area contributed by atoms with Gasteiger partial charge in [-0.2, -0.15) is 0 Å². The minimum absolute atomic E-state index is 0.0480. The fourth-order valence-corrected chi connectivity index (χ4v) is 2.05. The molecule has 2 rings (SSSR count). The van der Waals surface area contributed by atoms with Crippen LogP contribution in [0.1, 0.15) is 18.4 Å². The molecule has 1 aliphatic rings. The van der Waals surface area contributed by atoms with Crippen molar-refractivity contribution in [3.63, 3.8) is 0 Å². The summed E-state index contributed by atoms with van der Waals surface area (Å²) in [5.41, 5.74) is -0.564. The van der Waals surface area contributed by atoms with Crippen LogP contribution < -0.4 is 0 Å². The van der Waals surface area contributed by atoms with Crippen molar-refractivity contribution in [1.29, 1.82) is 0 Å². The first-order valence-corrected chi connectivity index (χ1v) is 6.11. The van der Waals surface area contributed by atoms with Gasteiger partial charge in [-0.25, -0.2) is 0 Å². The maximum absolute atomic E-state index is 11.9. The molecule has 0 spiro atoms. The van der Waals surface area contributed by atoms with E-state index in [1.807, 2.05) is 30.3 Å². The second-order valence-electron chi connectivity index (χ2n) is 4.52. The van der Waals surface area contributed by atoms with Gasteiger partial charge >= 0.3 is 11.9 Å². The highest BCUT2D eigenvalue weighted by atomic mass is 16.6. The van der Waals surface area contributed by atoms with Gasteiger partial charge in [-0.15, -0.1) is 0 Å². The maximum Gasteiger partial charge on any atom is 0.330 e. The molecule has 0 N–H and O–H groups in total. The maximum atomic E-state index is 11.9. The average molecular weight is 270 g/mol. The number of methoxy groups -OCH3 is 1. The summed E-state index contributed by atoms with van der Waals surface area (Å²) < 4.78 is 9.61. The van der Waals surface area contributed by atoms with E-state index in [9.17, 15) is 9.59 Å². The number of allylic oxidation sites excluding steroid dienone is 1. The smallest absolute Gasteiger partial charge is 0.330 e. The van der Waals surface area contributed by atoms with Crippen molar-refractivity contribution in [3.8, 4) is 11.8 Å². The Hall–Kier alpha value is -2.54. The fourth-order valence-electron chi connectivity index (χ4n) is 2.05. The summed E-state index contributed by atoms with van der Waals surface area (Å²) in [4.78, 5) is 23.8. The van der Waals surface area contributed by atoms with Gasteiger partial charge in [-0.3, -0.25) is 9.59 Å². The van der Waals surface area contributed by atoms with Crippen molar-refractivity contribution in [2.24, 2.45) is 5.41 Å². The molecule has 102 valence electrons. The van der Waals surface area contributed by atoms with Gasteiger partial charge in [-0.1, -0.05) is 36.6 Å². The van der Waals surface area contributed by atoms with E-state index in [1.165, 1.54) is 7.11 Å². The van der Waals surface area contributed by atoms with Crippen LogP contribution in [-0.2, 0) is 19.1 Å². The molecule has 1 heterocycles. The Kier molecular flexibility index (Phi) is 3.90. The molecule has 1 aromatic rings. The molecule has 0 radical (unpaired) electrons. The van der Waals surface area contributed by atoms with Crippen LogP contribution in [0.4, 0.5) is 0 Å². The van der Waals surface area contributed by atoms with Gasteiger partial charge in [0.2, 0.25) is 0 Å². The molecule has 1 aromatic carbocycles. The monoisotopic (exact) mass is 270 g/mol. The lowest BCUT2D eigenvalue weighted by Crippen LogP contribution is -2.36. The molecule has 1 aliphatic heterocycles. The highest BCUT2D eigenvalue weighted by molar-refractivity contribution is 6.02. The van der Waals surface area contributed by atoms with Gasteiger partial charge in [-0.05, 0) is 12.1 Å². The molecule has 1 saturated heterocycles. The predicted octanol–water partition coefficient (Wildman–Crippen LogP) is 2.05. The van der Waals surface area contributed by atoms with Crippen molar-refractivity contribution in [1.82, 2.24) is 0 Å². The Morgan fingerprint density at radius 1 is 1.45 bits per heavy atom. The molecular weight excluding hydrogens is 256 g/mol. The topological polar surface area (TPSA) is 52.6 Å². The molecule has 0 amide bonds. The van der Waals surface area contributed by atoms with Crippen molar-refractivity contribution < 1.29 is 19.1 Å². The first-order valence-electron chi connectivity index (χ1n) is 6.11. The Labute approximate surface area is 117 Å². The summed E-state index contributed by atoms with van der Waals surface area (Å²) in [5, 5.41) is 0. The third-order valence-electron chi connectivity index (χ3n) is 3.10. The van der Waals surface area contributed by atoms with E-state index in [0.717, 1.165) is 5.56 Å². The largest absolute Gasteiger partial charge is 0.468 e. The molecule has 0 aliphatic carbocycles. The number of benzene rings is 1. The molecule has 20 heavy (non-hydrogen) atoms.